The van der Waals surface area contributed by atoms with Crippen LogP contribution in [0.25, 0.3) is 0 Å². The fraction of sp³-hybridized carbons (Fsp3) is 0.381. The maximum absolute atomic E-state index is 12.8. The van der Waals surface area contributed by atoms with Gasteiger partial charge in [0.1, 0.15) is 18.1 Å². The molecule has 0 aromatic heterocycles. The second-order valence-corrected chi connectivity index (χ2v) is 6.83. The Balaban J connectivity index is 1.77. The number of para-hydroxylation sites is 1. The Bertz CT molecular complexity index is 817. The minimum atomic E-state index is -0.278. The number of unbranched alkanes of at least 4 members (excludes halogenated alkanes) is 1. The molecule has 1 amide bonds. The Kier molecular flexibility index (Phi) is 3.91. The van der Waals surface area contributed by atoms with Gasteiger partial charge < -0.3 is 14.4 Å². The van der Waals surface area contributed by atoms with Crippen LogP contribution in [0.15, 0.2) is 42.5 Å². The Labute approximate surface area is 148 Å². The predicted molar refractivity (Wildman–Crippen MR) is 97.6 cm³/mol. The van der Waals surface area contributed by atoms with E-state index in [0.29, 0.717) is 19.6 Å². The molecule has 1 unspecified atom stereocenters. The molecule has 2 aromatic rings. The molecule has 2 aromatic carbocycles. The van der Waals surface area contributed by atoms with Crippen molar-refractivity contribution in [2.75, 3.05) is 25.2 Å². The van der Waals surface area contributed by atoms with Crippen LogP contribution in [0.5, 0.6) is 11.5 Å². The first kappa shape index (κ1) is 16.0. The summed E-state index contributed by atoms with van der Waals surface area (Å²) in [5, 5.41) is 0. The summed E-state index contributed by atoms with van der Waals surface area (Å²) in [5.74, 6) is 1.85. The number of methoxy groups -OCH3 is 1. The zero-order valence-electron chi connectivity index (χ0n) is 14.7. The summed E-state index contributed by atoms with van der Waals surface area (Å²) >= 11 is 0. The van der Waals surface area contributed by atoms with Gasteiger partial charge >= 0.3 is 0 Å². The first-order chi connectivity index (χ1) is 12.2. The zero-order chi connectivity index (χ0) is 17.4. The van der Waals surface area contributed by atoms with Crippen molar-refractivity contribution < 1.29 is 14.3 Å². The topological polar surface area (TPSA) is 38.8 Å². The predicted octanol–water partition coefficient (Wildman–Crippen LogP) is 3.91. The fourth-order valence-corrected chi connectivity index (χ4v) is 4.02. The maximum Gasteiger partial charge on any atom is 0.227 e. The normalized spacial score (nSPS) is 20.3. The molecule has 130 valence electrons. The summed E-state index contributed by atoms with van der Waals surface area (Å²) in [6, 6.07) is 14.2. The van der Waals surface area contributed by atoms with Crippen molar-refractivity contribution in [2.45, 2.75) is 31.6 Å². The molecule has 1 atom stereocenters. The average Bonchev–Trinajstić information content (AvgIpc) is 3.19. The SMILES string of the molecule is CCCCC(=O)N1CC2(COc3cc(OC)ccc32)c2ccccc21. The van der Waals surface area contributed by atoms with Crippen molar-refractivity contribution in [2.24, 2.45) is 0 Å². The number of amides is 1. The number of nitrogens with zero attached hydrogens (tertiary/aromatic N) is 1. The molecule has 25 heavy (non-hydrogen) atoms. The van der Waals surface area contributed by atoms with Crippen LogP contribution in [0.3, 0.4) is 0 Å². The van der Waals surface area contributed by atoms with E-state index < -0.39 is 0 Å². The van der Waals surface area contributed by atoms with Crippen LogP contribution in [0.2, 0.25) is 0 Å². The summed E-state index contributed by atoms with van der Waals surface area (Å²) in [6.07, 6.45) is 2.55. The fourth-order valence-electron chi connectivity index (χ4n) is 4.02. The van der Waals surface area contributed by atoms with E-state index >= 15 is 0 Å². The van der Waals surface area contributed by atoms with Gasteiger partial charge in [-0.25, -0.2) is 0 Å². The molecule has 0 saturated heterocycles. The molecule has 4 rings (SSSR count). The van der Waals surface area contributed by atoms with Gasteiger partial charge in [0.2, 0.25) is 5.91 Å². The Hall–Kier alpha value is -2.49. The molecule has 2 aliphatic rings. The largest absolute Gasteiger partial charge is 0.497 e. The van der Waals surface area contributed by atoms with Crippen molar-refractivity contribution >= 4 is 11.6 Å². The molecular weight excluding hydrogens is 314 g/mol. The van der Waals surface area contributed by atoms with Gasteiger partial charge in [-0.05, 0) is 24.1 Å². The van der Waals surface area contributed by atoms with Gasteiger partial charge in [0.25, 0.3) is 0 Å². The van der Waals surface area contributed by atoms with Crippen molar-refractivity contribution in [3.8, 4) is 11.5 Å². The molecule has 1 spiro atoms. The van der Waals surface area contributed by atoms with Gasteiger partial charge in [-0.3, -0.25) is 4.79 Å². The van der Waals surface area contributed by atoms with Gasteiger partial charge in [-0.1, -0.05) is 37.6 Å². The lowest BCUT2D eigenvalue weighted by atomic mass is 9.78. The molecule has 0 N–H and O–H groups in total. The summed E-state index contributed by atoms with van der Waals surface area (Å²) in [4.78, 5) is 14.7. The number of benzene rings is 2. The van der Waals surface area contributed by atoms with Gasteiger partial charge in [0, 0.05) is 30.3 Å². The van der Waals surface area contributed by atoms with E-state index in [1.807, 2.05) is 29.2 Å². The van der Waals surface area contributed by atoms with Gasteiger partial charge in [0.05, 0.1) is 12.5 Å². The van der Waals surface area contributed by atoms with Gasteiger partial charge in [-0.2, -0.15) is 0 Å². The number of carbonyl (C=O) groups is 1. The van der Waals surface area contributed by atoms with E-state index in [1.165, 1.54) is 5.56 Å². The van der Waals surface area contributed by atoms with Crippen LogP contribution < -0.4 is 14.4 Å². The highest BCUT2D eigenvalue weighted by atomic mass is 16.5. The smallest absolute Gasteiger partial charge is 0.227 e. The van der Waals surface area contributed by atoms with Crippen molar-refractivity contribution in [1.82, 2.24) is 0 Å². The lowest BCUT2D eigenvalue weighted by molar-refractivity contribution is -0.118. The first-order valence-electron chi connectivity index (χ1n) is 8.91. The number of ether oxygens (including phenoxy) is 2. The van der Waals surface area contributed by atoms with E-state index in [0.717, 1.165) is 35.6 Å². The summed E-state index contributed by atoms with van der Waals surface area (Å²) in [5.41, 5.74) is 3.08. The minimum absolute atomic E-state index is 0.202. The number of hydrogen-bond acceptors (Lipinski definition) is 3. The van der Waals surface area contributed by atoms with Crippen LogP contribution in [0, 0.1) is 0 Å². The van der Waals surface area contributed by atoms with Crippen LogP contribution in [-0.2, 0) is 10.2 Å². The van der Waals surface area contributed by atoms with Gasteiger partial charge in [0.15, 0.2) is 0 Å². The Morgan fingerprint density at radius 1 is 1.24 bits per heavy atom. The molecule has 0 aliphatic carbocycles. The minimum Gasteiger partial charge on any atom is -0.497 e. The summed E-state index contributed by atoms with van der Waals surface area (Å²) in [6.45, 7) is 3.32. The quantitative estimate of drug-likeness (QED) is 0.849. The monoisotopic (exact) mass is 337 g/mol. The maximum atomic E-state index is 12.8. The lowest BCUT2D eigenvalue weighted by Gasteiger charge is -2.24. The molecule has 0 bridgehead atoms. The Morgan fingerprint density at radius 3 is 2.88 bits per heavy atom. The third-order valence-electron chi connectivity index (χ3n) is 5.36. The number of fused-ring (bicyclic) bond motifs is 4. The lowest BCUT2D eigenvalue weighted by Crippen LogP contribution is -2.38. The molecule has 0 saturated carbocycles. The van der Waals surface area contributed by atoms with Crippen molar-refractivity contribution in [3.63, 3.8) is 0 Å². The van der Waals surface area contributed by atoms with Gasteiger partial charge in [-0.15, -0.1) is 0 Å². The highest BCUT2D eigenvalue weighted by molar-refractivity contribution is 5.97. The van der Waals surface area contributed by atoms with Crippen molar-refractivity contribution in [1.29, 1.82) is 0 Å². The number of anilines is 1. The van der Waals surface area contributed by atoms with Crippen LogP contribution >= 0.6 is 0 Å². The molecule has 2 heterocycles. The highest BCUT2D eigenvalue weighted by Gasteiger charge is 2.50. The molecule has 2 aliphatic heterocycles. The summed E-state index contributed by atoms with van der Waals surface area (Å²) in [7, 11) is 1.66. The van der Waals surface area contributed by atoms with Crippen LogP contribution in [0.4, 0.5) is 5.69 Å². The third-order valence-corrected chi connectivity index (χ3v) is 5.36. The van der Waals surface area contributed by atoms with E-state index in [1.54, 1.807) is 7.11 Å². The Morgan fingerprint density at radius 2 is 2.08 bits per heavy atom. The molecule has 4 heteroatoms. The summed E-state index contributed by atoms with van der Waals surface area (Å²) < 4.78 is 11.3. The number of rotatable bonds is 4. The average molecular weight is 337 g/mol. The standard InChI is InChI=1S/C21H23NO3/c1-3-4-9-20(23)22-13-21(16-7-5-6-8-18(16)22)14-25-19-12-15(24-2)10-11-17(19)21/h5-8,10-12H,3-4,9,13-14H2,1-2H3. The zero-order valence-corrected chi connectivity index (χ0v) is 14.7. The molecular formula is C21H23NO3. The van der Waals surface area contributed by atoms with Crippen molar-refractivity contribution in [3.05, 3.63) is 53.6 Å². The number of hydrogen-bond donors (Lipinski definition) is 0. The van der Waals surface area contributed by atoms with Crippen LogP contribution in [0.1, 0.15) is 37.3 Å². The molecule has 0 radical (unpaired) electrons. The second kappa shape index (κ2) is 6.10. The molecule has 4 nitrogen and oxygen atoms in total. The van der Waals surface area contributed by atoms with Crippen LogP contribution in [-0.4, -0.2) is 26.2 Å². The highest BCUT2D eigenvalue weighted by Crippen LogP contribution is 2.52. The van der Waals surface area contributed by atoms with E-state index in [2.05, 4.69) is 25.1 Å². The molecule has 0 fully saturated rings. The second-order valence-electron chi connectivity index (χ2n) is 6.83. The van der Waals surface area contributed by atoms with E-state index in [9.17, 15) is 4.79 Å². The third kappa shape index (κ3) is 2.39. The first-order valence-corrected chi connectivity index (χ1v) is 8.91. The van der Waals surface area contributed by atoms with E-state index in [4.69, 9.17) is 9.47 Å². The number of carbonyl (C=O) groups excluding carboxylic acids is 1. The van der Waals surface area contributed by atoms with E-state index in [-0.39, 0.29) is 11.3 Å².